The number of hydrogen-bond acceptors (Lipinski definition) is 2. The molecule has 3 heteroatoms. The summed E-state index contributed by atoms with van der Waals surface area (Å²) in [6.45, 7) is 0.498. The lowest BCUT2D eigenvalue weighted by Crippen LogP contribution is -1.94. The van der Waals surface area contributed by atoms with Crippen molar-refractivity contribution in [3.05, 3.63) is 40.4 Å². The molecule has 2 rings (SSSR count). The lowest BCUT2D eigenvalue weighted by molar-refractivity contribution is -0.134. The van der Waals surface area contributed by atoms with Crippen molar-refractivity contribution in [1.29, 1.82) is 0 Å². The molecule has 0 aliphatic carbocycles. The Bertz CT molecular complexity index is 379. The standard InChI is InChI=1S/C11H9ClO2/c12-10-3-1-8(2-4-10)7-9-5-6-14-11(9)13/h1-4,7H,5-6H2/b9-7-. The summed E-state index contributed by atoms with van der Waals surface area (Å²) in [5.74, 6) is -0.208. The van der Waals surface area contributed by atoms with E-state index < -0.39 is 0 Å². The third-order valence-corrected chi connectivity index (χ3v) is 2.33. The molecule has 0 amide bonds. The van der Waals surface area contributed by atoms with Gasteiger partial charge in [-0.2, -0.15) is 0 Å². The summed E-state index contributed by atoms with van der Waals surface area (Å²) in [6, 6.07) is 7.35. The van der Waals surface area contributed by atoms with E-state index in [9.17, 15) is 4.79 Å². The van der Waals surface area contributed by atoms with Crippen LogP contribution in [0.3, 0.4) is 0 Å². The second kappa shape index (κ2) is 3.84. The minimum atomic E-state index is -0.208. The summed E-state index contributed by atoms with van der Waals surface area (Å²) in [4.78, 5) is 11.1. The molecule has 0 atom stereocenters. The van der Waals surface area contributed by atoms with Gasteiger partial charge in [-0.3, -0.25) is 0 Å². The summed E-state index contributed by atoms with van der Waals surface area (Å²) in [5, 5.41) is 0.696. The van der Waals surface area contributed by atoms with Gasteiger partial charge in [0, 0.05) is 17.0 Å². The molecule has 0 unspecified atom stereocenters. The number of ether oxygens (including phenoxy) is 1. The fraction of sp³-hybridized carbons (Fsp3) is 0.182. The fourth-order valence-corrected chi connectivity index (χ4v) is 1.47. The Morgan fingerprint density at radius 2 is 2.00 bits per heavy atom. The van der Waals surface area contributed by atoms with Crippen LogP contribution in [0, 0.1) is 0 Å². The summed E-state index contributed by atoms with van der Waals surface area (Å²) < 4.78 is 4.83. The highest BCUT2D eigenvalue weighted by Crippen LogP contribution is 2.18. The summed E-state index contributed by atoms with van der Waals surface area (Å²) in [5.41, 5.74) is 1.70. The van der Waals surface area contributed by atoms with Crippen molar-refractivity contribution in [2.45, 2.75) is 6.42 Å². The van der Waals surface area contributed by atoms with Crippen molar-refractivity contribution < 1.29 is 9.53 Å². The third-order valence-electron chi connectivity index (χ3n) is 2.08. The van der Waals surface area contributed by atoms with E-state index in [1.807, 2.05) is 18.2 Å². The molecule has 14 heavy (non-hydrogen) atoms. The topological polar surface area (TPSA) is 26.3 Å². The quantitative estimate of drug-likeness (QED) is 0.524. The number of rotatable bonds is 1. The van der Waals surface area contributed by atoms with Crippen LogP contribution in [0.5, 0.6) is 0 Å². The van der Waals surface area contributed by atoms with Gasteiger partial charge in [0.15, 0.2) is 0 Å². The molecule has 1 fully saturated rings. The van der Waals surface area contributed by atoms with Crippen molar-refractivity contribution in [2.75, 3.05) is 6.61 Å². The van der Waals surface area contributed by atoms with Gasteiger partial charge in [0.05, 0.1) is 6.61 Å². The second-order valence-electron chi connectivity index (χ2n) is 3.11. The molecule has 0 saturated carbocycles. The fourth-order valence-electron chi connectivity index (χ4n) is 1.34. The molecule has 1 heterocycles. The van der Waals surface area contributed by atoms with E-state index in [1.54, 1.807) is 12.1 Å². The molecule has 0 bridgehead atoms. The first kappa shape index (κ1) is 9.28. The van der Waals surface area contributed by atoms with Gasteiger partial charge in [-0.05, 0) is 23.8 Å². The monoisotopic (exact) mass is 208 g/mol. The van der Waals surface area contributed by atoms with Crippen LogP contribution in [0.1, 0.15) is 12.0 Å². The zero-order chi connectivity index (χ0) is 9.97. The van der Waals surface area contributed by atoms with Crippen molar-refractivity contribution in [2.24, 2.45) is 0 Å². The van der Waals surface area contributed by atoms with E-state index in [-0.39, 0.29) is 5.97 Å². The molecular weight excluding hydrogens is 200 g/mol. The average Bonchev–Trinajstić information content (AvgIpc) is 2.56. The molecule has 1 aliphatic heterocycles. The number of halogens is 1. The van der Waals surface area contributed by atoms with Crippen molar-refractivity contribution >= 4 is 23.6 Å². The van der Waals surface area contributed by atoms with Gasteiger partial charge in [-0.25, -0.2) is 4.79 Å². The predicted octanol–water partition coefficient (Wildman–Crippen LogP) is 2.67. The number of hydrogen-bond donors (Lipinski definition) is 0. The minimum absolute atomic E-state index is 0.208. The van der Waals surface area contributed by atoms with E-state index in [1.165, 1.54) is 0 Å². The third kappa shape index (κ3) is 1.96. The molecule has 72 valence electrons. The number of cyclic esters (lactones) is 1. The number of carbonyl (C=O) groups excluding carboxylic acids is 1. The van der Waals surface area contributed by atoms with Gasteiger partial charge >= 0.3 is 5.97 Å². The molecule has 0 spiro atoms. The summed E-state index contributed by atoms with van der Waals surface area (Å²) in [7, 11) is 0. The maximum absolute atomic E-state index is 11.1. The number of benzene rings is 1. The van der Waals surface area contributed by atoms with Crippen LogP contribution in [-0.4, -0.2) is 12.6 Å². The van der Waals surface area contributed by atoms with Gasteiger partial charge in [0.25, 0.3) is 0 Å². The Morgan fingerprint density at radius 1 is 1.29 bits per heavy atom. The van der Waals surface area contributed by atoms with Gasteiger partial charge in [-0.15, -0.1) is 0 Å². The highest BCUT2D eigenvalue weighted by molar-refractivity contribution is 6.30. The van der Waals surface area contributed by atoms with E-state index in [0.29, 0.717) is 18.1 Å². The Balaban J connectivity index is 2.24. The number of carbonyl (C=O) groups is 1. The van der Waals surface area contributed by atoms with Crippen LogP contribution in [0.15, 0.2) is 29.8 Å². The lowest BCUT2D eigenvalue weighted by Gasteiger charge is -1.95. The SMILES string of the molecule is O=C1OCC/C1=C/c1ccc(Cl)cc1. The smallest absolute Gasteiger partial charge is 0.334 e. The number of esters is 1. The van der Waals surface area contributed by atoms with E-state index in [4.69, 9.17) is 16.3 Å². The zero-order valence-corrected chi connectivity index (χ0v) is 8.25. The molecule has 2 nitrogen and oxygen atoms in total. The maximum Gasteiger partial charge on any atom is 0.334 e. The molecule has 1 saturated heterocycles. The summed E-state index contributed by atoms with van der Waals surface area (Å²) >= 11 is 5.74. The molecule has 1 aromatic carbocycles. The Morgan fingerprint density at radius 3 is 2.57 bits per heavy atom. The van der Waals surface area contributed by atoms with E-state index >= 15 is 0 Å². The first-order chi connectivity index (χ1) is 6.75. The van der Waals surface area contributed by atoms with Crippen LogP contribution >= 0.6 is 11.6 Å². The first-order valence-corrected chi connectivity index (χ1v) is 4.77. The first-order valence-electron chi connectivity index (χ1n) is 4.39. The van der Waals surface area contributed by atoms with E-state index in [2.05, 4.69) is 0 Å². The van der Waals surface area contributed by atoms with E-state index in [0.717, 1.165) is 11.1 Å². The zero-order valence-electron chi connectivity index (χ0n) is 7.50. The predicted molar refractivity (Wildman–Crippen MR) is 55.0 cm³/mol. The van der Waals surface area contributed by atoms with Crippen molar-refractivity contribution in [3.8, 4) is 0 Å². The molecule has 1 aromatic rings. The molecule has 0 N–H and O–H groups in total. The maximum atomic E-state index is 11.1. The minimum Gasteiger partial charge on any atom is -0.462 e. The molecule has 0 aromatic heterocycles. The van der Waals surface area contributed by atoms with Gasteiger partial charge in [-0.1, -0.05) is 23.7 Å². The van der Waals surface area contributed by atoms with Crippen LogP contribution < -0.4 is 0 Å². The van der Waals surface area contributed by atoms with Crippen LogP contribution in [0.4, 0.5) is 0 Å². The van der Waals surface area contributed by atoms with Crippen molar-refractivity contribution in [1.82, 2.24) is 0 Å². The Hall–Kier alpha value is -1.28. The molecular formula is C11H9ClO2. The van der Waals surface area contributed by atoms with Gasteiger partial charge in [0.2, 0.25) is 0 Å². The molecule has 0 radical (unpaired) electrons. The van der Waals surface area contributed by atoms with Crippen molar-refractivity contribution in [3.63, 3.8) is 0 Å². The van der Waals surface area contributed by atoms with Crippen LogP contribution in [-0.2, 0) is 9.53 Å². The molecule has 1 aliphatic rings. The summed E-state index contributed by atoms with van der Waals surface area (Å²) in [6.07, 6.45) is 2.53. The lowest BCUT2D eigenvalue weighted by atomic mass is 10.1. The highest BCUT2D eigenvalue weighted by atomic mass is 35.5. The van der Waals surface area contributed by atoms with Gasteiger partial charge < -0.3 is 4.74 Å². The average molecular weight is 209 g/mol. The van der Waals surface area contributed by atoms with Crippen LogP contribution in [0.25, 0.3) is 6.08 Å². The van der Waals surface area contributed by atoms with Crippen LogP contribution in [0.2, 0.25) is 5.02 Å². The second-order valence-corrected chi connectivity index (χ2v) is 3.54. The Kier molecular flexibility index (Phi) is 2.55. The van der Waals surface area contributed by atoms with Gasteiger partial charge in [0.1, 0.15) is 0 Å². The largest absolute Gasteiger partial charge is 0.462 e. The Labute approximate surface area is 87.1 Å². The highest BCUT2D eigenvalue weighted by Gasteiger charge is 2.17. The normalized spacial score (nSPS) is 18.6.